The third kappa shape index (κ3) is 3.85. The smallest absolute Gasteiger partial charge is 0.253 e. The molecule has 5 nitrogen and oxygen atoms in total. The van der Waals surface area contributed by atoms with Crippen LogP contribution in [0.25, 0.3) is 11.3 Å². The molecule has 6 heteroatoms. The van der Waals surface area contributed by atoms with Crippen molar-refractivity contribution in [2.45, 2.75) is 13.3 Å². The Balaban J connectivity index is 1.40. The van der Waals surface area contributed by atoms with E-state index in [2.05, 4.69) is 27.2 Å². The summed E-state index contributed by atoms with van der Waals surface area (Å²) in [6, 6.07) is 13.7. The maximum absolute atomic E-state index is 12.8. The number of carbonyl (C=O) groups excluding carboxylic acids is 1. The lowest BCUT2D eigenvalue weighted by Crippen LogP contribution is -2.49. The lowest BCUT2D eigenvalue weighted by atomic mass is 10.1. The molecule has 1 fully saturated rings. The predicted molar refractivity (Wildman–Crippen MR) is 109 cm³/mol. The molecule has 0 N–H and O–H groups in total. The Labute approximate surface area is 163 Å². The van der Waals surface area contributed by atoms with Crippen molar-refractivity contribution >= 4 is 23.1 Å². The molecule has 0 aliphatic carbocycles. The zero-order chi connectivity index (χ0) is 18.6. The number of pyridine rings is 1. The largest absolute Gasteiger partial charge is 0.353 e. The predicted octanol–water partition coefficient (Wildman–Crippen LogP) is 3.73. The van der Waals surface area contributed by atoms with Crippen LogP contribution in [0.4, 0.5) is 5.82 Å². The average molecular weight is 379 g/mol. The van der Waals surface area contributed by atoms with Crippen LogP contribution in [0.1, 0.15) is 22.3 Å². The third-order valence-corrected chi connectivity index (χ3v) is 5.82. The standard InChI is InChI=1S/C21H22N4OS/c1-2-20-23-18(15-27-20)16-6-8-17(9-7-16)21(26)25-13-11-24(12-14-25)19-5-3-4-10-22-19/h3-10,15H,2,11-14H2,1H3. The fraction of sp³-hybridized carbons (Fsp3) is 0.286. The van der Waals surface area contributed by atoms with Gasteiger partial charge in [-0.25, -0.2) is 9.97 Å². The molecule has 0 atom stereocenters. The number of rotatable bonds is 4. The number of benzene rings is 1. The second-order valence-electron chi connectivity index (χ2n) is 6.52. The fourth-order valence-corrected chi connectivity index (χ4v) is 4.01. The number of hydrogen-bond donors (Lipinski definition) is 0. The normalized spacial score (nSPS) is 14.4. The van der Waals surface area contributed by atoms with Gasteiger partial charge >= 0.3 is 0 Å². The van der Waals surface area contributed by atoms with E-state index in [1.54, 1.807) is 17.5 Å². The Kier molecular flexibility index (Phi) is 5.16. The van der Waals surface area contributed by atoms with E-state index in [1.807, 2.05) is 47.4 Å². The second kappa shape index (κ2) is 7.88. The van der Waals surface area contributed by atoms with Crippen LogP contribution in [-0.4, -0.2) is 47.0 Å². The Hall–Kier alpha value is -2.73. The van der Waals surface area contributed by atoms with Gasteiger partial charge in [0.05, 0.1) is 10.7 Å². The van der Waals surface area contributed by atoms with E-state index >= 15 is 0 Å². The van der Waals surface area contributed by atoms with Gasteiger partial charge in [0.25, 0.3) is 5.91 Å². The topological polar surface area (TPSA) is 49.3 Å². The Morgan fingerprint density at radius 2 is 1.85 bits per heavy atom. The molecule has 3 heterocycles. The first-order chi connectivity index (χ1) is 13.2. The molecule has 138 valence electrons. The first kappa shape index (κ1) is 17.7. The van der Waals surface area contributed by atoms with Gasteiger partial charge in [0.1, 0.15) is 5.82 Å². The van der Waals surface area contributed by atoms with E-state index in [9.17, 15) is 4.79 Å². The Morgan fingerprint density at radius 1 is 1.07 bits per heavy atom. The van der Waals surface area contributed by atoms with Crippen molar-refractivity contribution in [3.8, 4) is 11.3 Å². The number of anilines is 1. The number of thiazole rings is 1. The number of hydrogen-bond acceptors (Lipinski definition) is 5. The second-order valence-corrected chi connectivity index (χ2v) is 7.47. The molecule has 27 heavy (non-hydrogen) atoms. The zero-order valence-electron chi connectivity index (χ0n) is 15.3. The summed E-state index contributed by atoms with van der Waals surface area (Å²) >= 11 is 1.68. The summed E-state index contributed by atoms with van der Waals surface area (Å²) in [7, 11) is 0. The third-order valence-electron chi connectivity index (χ3n) is 4.82. The molecule has 1 aromatic carbocycles. The van der Waals surface area contributed by atoms with Crippen molar-refractivity contribution < 1.29 is 4.79 Å². The molecule has 0 radical (unpaired) electrons. The summed E-state index contributed by atoms with van der Waals surface area (Å²) in [5, 5.41) is 3.21. The van der Waals surface area contributed by atoms with Gasteiger partial charge in [-0.2, -0.15) is 0 Å². The van der Waals surface area contributed by atoms with Gasteiger partial charge in [-0.3, -0.25) is 4.79 Å². The number of carbonyl (C=O) groups is 1. The molecule has 1 aliphatic heterocycles. The molecule has 1 aliphatic rings. The maximum atomic E-state index is 12.8. The van der Waals surface area contributed by atoms with Crippen LogP contribution < -0.4 is 4.90 Å². The highest BCUT2D eigenvalue weighted by molar-refractivity contribution is 7.09. The van der Waals surface area contributed by atoms with Crippen molar-refractivity contribution in [2.24, 2.45) is 0 Å². The quantitative estimate of drug-likeness (QED) is 0.694. The van der Waals surface area contributed by atoms with Crippen molar-refractivity contribution in [3.05, 3.63) is 64.6 Å². The molecule has 4 rings (SSSR count). The molecule has 3 aromatic rings. The van der Waals surface area contributed by atoms with E-state index in [4.69, 9.17) is 0 Å². The summed E-state index contributed by atoms with van der Waals surface area (Å²) in [6.45, 7) is 5.14. The average Bonchev–Trinajstić information content (AvgIpc) is 3.23. The van der Waals surface area contributed by atoms with Crippen LogP contribution in [-0.2, 0) is 6.42 Å². The van der Waals surface area contributed by atoms with E-state index < -0.39 is 0 Å². The molecular weight excluding hydrogens is 356 g/mol. The highest BCUT2D eigenvalue weighted by Gasteiger charge is 2.22. The van der Waals surface area contributed by atoms with E-state index in [1.165, 1.54) is 0 Å². The number of aromatic nitrogens is 2. The van der Waals surface area contributed by atoms with Crippen LogP contribution in [0, 0.1) is 0 Å². The summed E-state index contributed by atoms with van der Waals surface area (Å²) in [6.07, 6.45) is 2.76. The van der Waals surface area contributed by atoms with Gasteiger partial charge in [-0.15, -0.1) is 11.3 Å². The number of aryl methyl sites for hydroxylation is 1. The summed E-state index contributed by atoms with van der Waals surface area (Å²) < 4.78 is 0. The van der Waals surface area contributed by atoms with E-state index in [-0.39, 0.29) is 5.91 Å². The molecule has 0 unspecified atom stereocenters. The number of amides is 1. The monoisotopic (exact) mass is 378 g/mol. The Morgan fingerprint density at radius 3 is 2.48 bits per heavy atom. The molecule has 1 amide bonds. The first-order valence-corrected chi connectivity index (χ1v) is 10.1. The molecule has 0 bridgehead atoms. The van der Waals surface area contributed by atoms with Gasteiger partial charge in [0.15, 0.2) is 0 Å². The van der Waals surface area contributed by atoms with Crippen molar-refractivity contribution in [2.75, 3.05) is 31.1 Å². The first-order valence-electron chi connectivity index (χ1n) is 9.24. The summed E-state index contributed by atoms with van der Waals surface area (Å²) in [5.41, 5.74) is 2.78. The van der Waals surface area contributed by atoms with Crippen LogP contribution >= 0.6 is 11.3 Å². The summed E-state index contributed by atoms with van der Waals surface area (Å²) in [4.78, 5) is 26.0. The minimum atomic E-state index is 0.0924. The zero-order valence-corrected chi connectivity index (χ0v) is 16.2. The van der Waals surface area contributed by atoms with Crippen LogP contribution in [0.2, 0.25) is 0 Å². The molecule has 2 aromatic heterocycles. The molecule has 1 saturated heterocycles. The van der Waals surface area contributed by atoms with Crippen molar-refractivity contribution in [1.82, 2.24) is 14.9 Å². The molecule has 0 saturated carbocycles. The molecule has 0 spiro atoms. The van der Waals surface area contributed by atoms with Crippen molar-refractivity contribution in [3.63, 3.8) is 0 Å². The highest BCUT2D eigenvalue weighted by Crippen LogP contribution is 2.23. The van der Waals surface area contributed by atoms with Gasteiger partial charge in [-0.05, 0) is 30.7 Å². The van der Waals surface area contributed by atoms with Crippen LogP contribution in [0.15, 0.2) is 54.0 Å². The highest BCUT2D eigenvalue weighted by atomic mass is 32.1. The minimum absolute atomic E-state index is 0.0924. The van der Waals surface area contributed by atoms with Crippen LogP contribution in [0.3, 0.4) is 0 Å². The van der Waals surface area contributed by atoms with Gasteiger partial charge in [0, 0.05) is 48.9 Å². The van der Waals surface area contributed by atoms with Crippen molar-refractivity contribution in [1.29, 1.82) is 0 Å². The van der Waals surface area contributed by atoms with E-state index in [0.29, 0.717) is 13.1 Å². The van der Waals surface area contributed by atoms with Gasteiger partial charge < -0.3 is 9.80 Å². The maximum Gasteiger partial charge on any atom is 0.253 e. The molecular formula is C21H22N4OS. The minimum Gasteiger partial charge on any atom is -0.353 e. The van der Waals surface area contributed by atoms with Crippen LogP contribution in [0.5, 0.6) is 0 Å². The van der Waals surface area contributed by atoms with Gasteiger partial charge in [-0.1, -0.05) is 25.1 Å². The van der Waals surface area contributed by atoms with Gasteiger partial charge in [0.2, 0.25) is 0 Å². The number of nitrogens with zero attached hydrogens (tertiary/aromatic N) is 4. The fourth-order valence-electron chi connectivity index (χ4n) is 3.25. The lowest BCUT2D eigenvalue weighted by Gasteiger charge is -2.35. The Bertz CT molecular complexity index is 899. The SMILES string of the molecule is CCc1nc(-c2ccc(C(=O)N3CCN(c4ccccn4)CC3)cc2)cs1. The van der Waals surface area contributed by atoms with E-state index in [0.717, 1.165) is 47.2 Å². The number of piperazine rings is 1. The lowest BCUT2D eigenvalue weighted by molar-refractivity contribution is 0.0746. The summed E-state index contributed by atoms with van der Waals surface area (Å²) in [5.74, 6) is 1.07.